The highest BCUT2D eigenvalue weighted by Gasteiger charge is 2.80. The van der Waals surface area contributed by atoms with Gasteiger partial charge in [-0.1, -0.05) is 36.4 Å². The number of hydrogen-bond donors (Lipinski definition) is 0. The molecule has 8 heteroatoms. The van der Waals surface area contributed by atoms with Crippen LogP contribution in [0, 0.1) is 13.8 Å². The fourth-order valence-electron chi connectivity index (χ4n) is 4.35. The first-order valence-corrected chi connectivity index (χ1v) is 11.0. The normalized spacial score (nSPS) is 19.6. The molecular formula is C23H14F6S2. The summed E-state index contributed by atoms with van der Waals surface area (Å²) in [6, 6.07) is 12.8. The number of aryl methyl sites for hydroxylation is 2. The molecule has 2 aromatic heterocycles. The Balaban J connectivity index is 2.00. The van der Waals surface area contributed by atoms with E-state index in [0.717, 1.165) is 22.7 Å². The topological polar surface area (TPSA) is 0 Å². The highest BCUT2D eigenvalue weighted by atomic mass is 32.1. The predicted octanol–water partition coefficient (Wildman–Crippen LogP) is 8.56. The van der Waals surface area contributed by atoms with Crippen LogP contribution in [0.15, 0.2) is 48.5 Å². The molecule has 1 aliphatic rings. The van der Waals surface area contributed by atoms with E-state index < -0.39 is 28.9 Å². The van der Waals surface area contributed by atoms with Crippen molar-refractivity contribution in [2.24, 2.45) is 0 Å². The Bertz CT molecular complexity index is 1290. The molecule has 0 N–H and O–H groups in total. The largest absolute Gasteiger partial charge is 0.380 e. The van der Waals surface area contributed by atoms with Gasteiger partial charge >= 0.3 is 17.8 Å². The van der Waals surface area contributed by atoms with Crippen LogP contribution in [0.2, 0.25) is 0 Å². The molecule has 2 heterocycles. The Hall–Kier alpha value is -2.32. The molecule has 0 aliphatic heterocycles. The van der Waals surface area contributed by atoms with Crippen molar-refractivity contribution in [2.45, 2.75) is 31.6 Å². The lowest BCUT2D eigenvalue weighted by Gasteiger charge is -2.26. The zero-order valence-corrected chi connectivity index (χ0v) is 17.8. The van der Waals surface area contributed by atoms with E-state index in [0.29, 0.717) is 19.2 Å². The van der Waals surface area contributed by atoms with Gasteiger partial charge in [-0.25, -0.2) is 0 Å². The van der Waals surface area contributed by atoms with Gasteiger partial charge in [0.2, 0.25) is 0 Å². The molecule has 0 fully saturated rings. The highest BCUT2D eigenvalue weighted by molar-refractivity contribution is 7.19. The van der Waals surface area contributed by atoms with Crippen molar-refractivity contribution in [1.82, 2.24) is 0 Å². The molecule has 31 heavy (non-hydrogen) atoms. The number of alkyl halides is 6. The van der Waals surface area contributed by atoms with Gasteiger partial charge in [0, 0.05) is 52.2 Å². The van der Waals surface area contributed by atoms with Crippen molar-refractivity contribution in [3.05, 3.63) is 69.4 Å². The monoisotopic (exact) mass is 468 g/mol. The summed E-state index contributed by atoms with van der Waals surface area (Å²) in [7, 11) is 0. The summed E-state index contributed by atoms with van der Waals surface area (Å²) in [5.74, 6) is -15.7. The molecule has 0 spiro atoms. The minimum atomic E-state index is -5.56. The van der Waals surface area contributed by atoms with E-state index in [1.54, 1.807) is 36.4 Å². The quantitative estimate of drug-likeness (QED) is 0.259. The molecule has 1 aliphatic carbocycles. The third kappa shape index (κ3) is 2.49. The minimum absolute atomic E-state index is 0.230. The number of rotatable bonds is 2. The second-order valence-corrected chi connectivity index (χ2v) is 10.0. The standard InChI is InChI=1S/C23H14F6S2/c1-11-17(13-7-3-5-9-15(13)30-11)19-20(22(26,27)23(28,29)21(19,24)25)18-12(2)31-16-10-6-4-8-14(16)18/h3-10H,1-2H3. The van der Waals surface area contributed by atoms with Crippen LogP contribution in [0.5, 0.6) is 0 Å². The van der Waals surface area contributed by atoms with E-state index >= 15 is 17.6 Å². The van der Waals surface area contributed by atoms with E-state index in [1.165, 1.54) is 26.0 Å². The Labute approximate surface area is 181 Å². The van der Waals surface area contributed by atoms with Crippen molar-refractivity contribution in [3.63, 3.8) is 0 Å². The zero-order valence-electron chi connectivity index (χ0n) is 16.2. The summed E-state index contributed by atoms with van der Waals surface area (Å²) in [5, 5.41) is 0.533. The summed E-state index contributed by atoms with van der Waals surface area (Å²) < 4.78 is 91.6. The van der Waals surface area contributed by atoms with E-state index in [2.05, 4.69) is 0 Å². The summed E-state index contributed by atoms with van der Waals surface area (Å²) >= 11 is 2.24. The fraction of sp³-hybridized carbons (Fsp3) is 0.217. The molecule has 0 atom stereocenters. The van der Waals surface area contributed by atoms with E-state index in [4.69, 9.17) is 0 Å². The molecule has 0 saturated heterocycles. The fourth-order valence-corrected chi connectivity index (χ4v) is 6.49. The smallest absolute Gasteiger partial charge is 0.194 e. The number of thiophene rings is 2. The van der Waals surface area contributed by atoms with Crippen LogP contribution in [0.4, 0.5) is 26.3 Å². The van der Waals surface area contributed by atoms with Gasteiger partial charge in [-0.05, 0) is 26.0 Å². The maximum atomic E-state index is 15.2. The van der Waals surface area contributed by atoms with E-state index in [9.17, 15) is 8.78 Å². The van der Waals surface area contributed by atoms with Crippen molar-refractivity contribution in [1.29, 1.82) is 0 Å². The van der Waals surface area contributed by atoms with Gasteiger partial charge in [0.15, 0.2) is 0 Å². The van der Waals surface area contributed by atoms with Gasteiger partial charge in [-0.15, -0.1) is 22.7 Å². The first-order chi connectivity index (χ1) is 14.5. The molecule has 0 bridgehead atoms. The second-order valence-electron chi connectivity index (χ2n) is 7.53. The van der Waals surface area contributed by atoms with Crippen molar-refractivity contribution < 1.29 is 26.3 Å². The molecule has 0 radical (unpaired) electrons. The molecule has 0 unspecified atom stereocenters. The lowest BCUT2D eigenvalue weighted by atomic mass is 9.92. The minimum Gasteiger partial charge on any atom is -0.194 e. The highest BCUT2D eigenvalue weighted by Crippen LogP contribution is 2.66. The maximum Gasteiger partial charge on any atom is 0.380 e. The zero-order chi connectivity index (χ0) is 22.3. The maximum absolute atomic E-state index is 15.2. The van der Waals surface area contributed by atoms with Crippen LogP contribution in [0.1, 0.15) is 20.9 Å². The molecule has 5 rings (SSSR count). The molecule has 2 aromatic carbocycles. The van der Waals surface area contributed by atoms with Crippen LogP contribution in [0.25, 0.3) is 31.3 Å². The van der Waals surface area contributed by atoms with Crippen LogP contribution < -0.4 is 0 Å². The third-order valence-electron chi connectivity index (χ3n) is 5.71. The number of fused-ring (bicyclic) bond motifs is 2. The summed E-state index contributed by atoms with van der Waals surface area (Å²) in [4.78, 5) is 0.582. The lowest BCUT2D eigenvalue weighted by molar-refractivity contribution is -0.254. The molecular weight excluding hydrogens is 454 g/mol. The lowest BCUT2D eigenvalue weighted by Crippen LogP contribution is -2.48. The first kappa shape index (κ1) is 20.6. The molecule has 0 saturated carbocycles. The summed E-state index contributed by atoms with van der Waals surface area (Å²) in [6.45, 7) is 2.99. The third-order valence-corrected chi connectivity index (χ3v) is 7.88. The number of benzene rings is 2. The predicted molar refractivity (Wildman–Crippen MR) is 115 cm³/mol. The average Bonchev–Trinajstić information content (AvgIpc) is 3.23. The second kappa shape index (κ2) is 6.36. The van der Waals surface area contributed by atoms with Crippen LogP contribution in [-0.4, -0.2) is 17.8 Å². The van der Waals surface area contributed by atoms with Crippen molar-refractivity contribution in [3.8, 4) is 0 Å². The number of hydrogen-bond acceptors (Lipinski definition) is 2. The van der Waals surface area contributed by atoms with Gasteiger partial charge in [-0.3, -0.25) is 0 Å². The van der Waals surface area contributed by atoms with E-state index in [1.807, 2.05) is 0 Å². The molecule has 0 nitrogen and oxygen atoms in total. The molecule has 0 amide bonds. The van der Waals surface area contributed by atoms with Gasteiger partial charge in [0.05, 0.1) is 0 Å². The van der Waals surface area contributed by atoms with Crippen LogP contribution in [-0.2, 0) is 0 Å². The SMILES string of the molecule is Cc1sc2ccccc2c1C1=C(c2c(C)sc3ccccc23)C(F)(F)C(F)(F)C1(F)F. The average molecular weight is 468 g/mol. The number of allylic oxidation sites excluding steroid dienone is 2. The van der Waals surface area contributed by atoms with E-state index in [-0.39, 0.29) is 21.9 Å². The van der Waals surface area contributed by atoms with Gasteiger partial charge < -0.3 is 0 Å². The van der Waals surface area contributed by atoms with Gasteiger partial charge in [0.25, 0.3) is 0 Å². The van der Waals surface area contributed by atoms with Crippen LogP contribution >= 0.6 is 22.7 Å². The summed E-state index contributed by atoms with van der Waals surface area (Å²) in [5.41, 5.74) is -3.01. The Morgan fingerprint density at radius 1 is 0.581 bits per heavy atom. The molecule has 4 aromatic rings. The van der Waals surface area contributed by atoms with Gasteiger partial charge in [0.1, 0.15) is 0 Å². The Kier molecular flexibility index (Phi) is 4.22. The first-order valence-electron chi connectivity index (χ1n) is 9.36. The summed E-state index contributed by atoms with van der Waals surface area (Å²) in [6.07, 6.45) is 0. The van der Waals surface area contributed by atoms with Gasteiger partial charge in [-0.2, -0.15) is 26.3 Å². The van der Waals surface area contributed by atoms with Crippen molar-refractivity contribution in [2.75, 3.05) is 0 Å². The molecule has 160 valence electrons. The van der Waals surface area contributed by atoms with Crippen LogP contribution in [0.3, 0.4) is 0 Å². The number of halogens is 6. The Morgan fingerprint density at radius 3 is 1.32 bits per heavy atom. The Morgan fingerprint density at radius 2 is 0.935 bits per heavy atom. The van der Waals surface area contributed by atoms with Crippen molar-refractivity contribution >= 4 is 54.0 Å².